The second kappa shape index (κ2) is 7.70. The molecule has 3 rings (SSSR count). The molecule has 1 aliphatic rings. The zero-order chi connectivity index (χ0) is 19.4. The molecule has 140 valence electrons. The number of pyridine rings is 1. The number of nitrogens with two attached hydrogens (primary N) is 1. The summed E-state index contributed by atoms with van der Waals surface area (Å²) in [5, 5.41) is 3.15. The topological polar surface area (TPSA) is 115 Å². The average molecular weight is 388 g/mol. The summed E-state index contributed by atoms with van der Waals surface area (Å²) in [5.74, 6) is -0.470. The number of aromatic nitrogens is 3. The van der Waals surface area contributed by atoms with Crippen LogP contribution in [-0.2, 0) is 5.54 Å². The molecule has 0 radical (unpaired) electrons. The molecule has 0 saturated heterocycles. The lowest BCUT2D eigenvalue weighted by Crippen LogP contribution is -2.29. The van der Waals surface area contributed by atoms with Crippen LogP contribution in [0.5, 0.6) is 5.88 Å². The second-order valence-corrected chi connectivity index (χ2v) is 7.12. The van der Waals surface area contributed by atoms with Gasteiger partial charge in [-0.2, -0.15) is 0 Å². The van der Waals surface area contributed by atoms with E-state index in [1.165, 1.54) is 24.2 Å². The molecular formula is C17H17FN6O2S. The third-order valence-corrected chi connectivity index (χ3v) is 4.51. The monoisotopic (exact) mass is 388 g/mol. The van der Waals surface area contributed by atoms with Gasteiger partial charge in [0, 0.05) is 18.3 Å². The maximum atomic E-state index is 12.3. The maximum Gasteiger partial charge on any atom is 0.275 e. The number of halogens is 1. The van der Waals surface area contributed by atoms with E-state index in [0.29, 0.717) is 23.0 Å². The van der Waals surface area contributed by atoms with Crippen LogP contribution < -0.4 is 15.8 Å². The Kier molecular flexibility index (Phi) is 5.36. The highest BCUT2D eigenvalue weighted by molar-refractivity contribution is 8.17. The Hall–Kier alpha value is -3.01. The lowest BCUT2D eigenvalue weighted by molar-refractivity contribution is 0.102. The van der Waals surface area contributed by atoms with Crippen molar-refractivity contribution in [2.75, 3.05) is 12.2 Å². The summed E-state index contributed by atoms with van der Waals surface area (Å²) in [6, 6.07) is 3.38. The average Bonchev–Trinajstić information content (AvgIpc) is 2.62. The summed E-state index contributed by atoms with van der Waals surface area (Å²) in [6.45, 7) is 4.87. The first-order valence-electron chi connectivity index (χ1n) is 7.89. The van der Waals surface area contributed by atoms with Crippen molar-refractivity contribution < 1.29 is 13.9 Å². The Bertz CT molecular complexity index is 905. The van der Waals surface area contributed by atoms with Crippen molar-refractivity contribution in [1.29, 1.82) is 0 Å². The van der Waals surface area contributed by atoms with Crippen molar-refractivity contribution in [3.63, 3.8) is 0 Å². The lowest BCUT2D eigenvalue weighted by Gasteiger charge is -2.30. The highest BCUT2D eigenvalue weighted by Crippen LogP contribution is 2.39. The largest absolute Gasteiger partial charge is 0.445 e. The maximum absolute atomic E-state index is 12.3. The van der Waals surface area contributed by atoms with Gasteiger partial charge in [-0.05, 0) is 24.0 Å². The number of hydrogen-bond donors (Lipinski definition) is 2. The third-order valence-electron chi connectivity index (χ3n) is 3.78. The van der Waals surface area contributed by atoms with Crippen LogP contribution in [0.15, 0.2) is 47.2 Å². The van der Waals surface area contributed by atoms with Crippen LogP contribution in [0.3, 0.4) is 0 Å². The van der Waals surface area contributed by atoms with E-state index in [1.54, 1.807) is 18.3 Å². The smallest absolute Gasteiger partial charge is 0.275 e. The Morgan fingerprint density at radius 2 is 2.26 bits per heavy atom. The highest BCUT2D eigenvalue weighted by Gasteiger charge is 2.33. The Labute approximate surface area is 159 Å². The van der Waals surface area contributed by atoms with Crippen molar-refractivity contribution in [2.24, 2.45) is 10.7 Å². The standard InChI is InChI=1S/C17H17FN6O2S/c1-10-6-17(2,24-16(19)27-10)13-5-11(3-4-20-13)23-15(25)12-7-22-14(8-21-12)26-9-18/h3-5,7-8H,1,6,9H2,2H3,(H2,19,24)(H,20,23,25)/t17-/m0/s1. The van der Waals surface area contributed by atoms with E-state index in [-0.39, 0.29) is 11.6 Å². The van der Waals surface area contributed by atoms with Gasteiger partial charge in [0.25, 0.3) is 5.91 Å². The van der Waals surface area contributed by atoms with Gasteiger partial charge in [0.05, 0.1) is 18.1 Å². The number of nitrogens with one attached hydrogen (secondary N) is 1. The Balaban J connectivity index is 1.78. The van der Waals surface area contributed by atoms with Gasteiger partial charge < -0.3 is 15.8 Å². The fourth-order valence-electron chi connectivity index (χ4n) is 2.58. The Morgan fingerprint density at radius 3 is 2.93 bits per heavy atom. The van der Waals surface area contributed by atoms with Crippen LogP contribution >= 0.6 is 11.8 Å². The summed E-state index contributed by atoms with van der Waals surface area (Å²) >= 11 is 1.34. The number of hydrogen-bond acceptors (Lipinski definition) is 8. The van der Waals surface area contributed by atoms with E-state index in [0.717, 1.165) is 4.91 Å². The molecule has 2 aromatic rings. The molecule has 0 aliphatic carbocycles. The van der Waals surface area contributed by atoms with Crippen molar-refractivity contribution in [1.82, 2.24) is 15.0 Å². The van der Waals surface area contributed by atoms with Crippen molar-refractivity contribution in [3.8, 4) is 5.88 Å². The van der Waals surface area contributed by atoms with Gasteiger partial charge in [0.1, 0.15) is 11.2 Å². The summed E-state index contributed by atoms with van der Waals surface area (Å²) in [7, 11) is 0. The van der Waals surface area contributed by atoms with Crippen LogP contribution in [-0.4, -0.2) is 32.9 Å². The van der Waals surface area contributed by atoms with Gasteiger partial charge in [-0.1, -0.05) is 18.3 Å². The number of rotatable bonds is 5. The molecule has 0 unspecified atom stereocenters. The number of carbonyl (C=O) groups excluding carboxylic acids is 1. The van der Waals surface area contributed by atoms with Crippen molar-refractivity contribution >= 4 is 28.5 Å². The quantitative estimate of drug-likeness (QED) is 0.809. The number of nitrogens with zero attached hydrogens (tertiary/aromatic N) is 4. The predicted octanol–water partition coefficient (Wildman–Crippen LogP) is 2.61. The van der Waals surface area contributed by atoms with Gasteiger partial charge in [-0.15, -0.1) is 0 Å². The molecule has 0 spiro atoms. The first-order valence-corrected chi connectivity index (χ1v) is 8.71. The normalized spacial score (nSPS) is 19.3. The predicted molar refractivity (Wildman–Crippen MR) is 101 cm³/mol. The molecule has 1 atom stereocenters. The van der Waals surface area contributed by atoms with E-state index in [9.17, 15) is 9.18 Å². The minimum absolute atomic E-state index is 0.000907. The lowest BCUT2D eigenvalue weighted by atomic mass is 9.93. The minimum Gasteiger partial charge on any atom is -0.445 e. The van der Waals surface area contributed by atoms with Gasteiger partial charge >= 0.3 is 0 Å². The van der Waals surface area contributed by atoms with Crippen LogP contribution in [0.25, 0.3) is 0 Å². The SMILES string of the molecule is C=C1C[C@@](C)(c2cc(NC(=O)c3cnc(OCF)cn3)ccn2)N=C(N)S1. The zero-order valence-corrected chi connectivity index (χ0v) is 15.3. The number of ether oxygens (including phenoxy) is 1. The van der Waals surface area contributed by atoms with Crippen LogP contribution in [0, 0.1) is 0 Å². The molecular weight excluding hydrogens is 371 g/mol. The summed E-state index contributed by atoms with van der Waals surface area (Å²) in [4.78, 5) is 29.8. The number of aliphatic imine (C=N–C) groups is 1. The zero-order valence-electron chi connectivity index (χ0n) is 14.5. The van der Waals surface area contributed by atoms with Crippen LogP contribution in [0.4, 0.5) is 10.1 Å². The molecule has 0 bridgehead atoms. The summed E-state index contributed by atoms with van der Waals surface area (Å²) < 4.78 is 16.7. The summed E-state index contributed by atoms with van der Waals surface area (Å²) in [5.41, 5.74) is 6.46. The van der Waals surface area contributed by atoms with E-state index >= 15 is 0 Å². The van der Waals surface area contributed by atoms with Crippen LogP contribution in [0.2, 0.25) is 0 Å². The molecule has 3 heterocycles. The molecule has 0 saturated carbocycles. The van der Waals surface area contributed by atoms with Crippen molar-refractivity contribution in [3.05, 3.63) is 53.6 Å². The first-order chi connectivity index (χ1) is 12.9. The molecule has 8 nitrogen and oxygen atoms in total. The van der Waals surface area contributed by atoms with E-state index < -0.39 is 18.3 Å². The number of carbonyl (C=O) groups is 1. The highest BCUT2D eigenvalue weighted by atomic mass is 32.2. The second-order valence-electron chi connectivity index (χ2n) is 5.92. The molecule has 3 N–H and O–H groups in total. The number of amidine groups is 1. The molecule has 1 aliphatic heterocycles. The minimum atomic E-state index is -1.02. The fourth-order valence-corrected chi connectivity index (χ4v) is 3.48. The van der Waals surface area contributed by atoms with Gasteiger partial charge in [0.15, 0.2) is 5.17 Å². The number of thioether (sulfide) groups is 1. The van der Waals surface area contributed by atoms with E-state index in [1.807, 2.05) is 6.92 Å². The molecule has 1 amide bonds. The van der Waals surface area contributed by atoms with E-state index in [4.69, 9.17) is 5.73 Å². The van der Waals surface area contributed by atoms with Gasteiger partial charge in [0.2, 0.25) is 12.7 Å². The molecule has 0 aromatic carbocycles. The number of anilines is 1. The molecule has 10 heteroatoms. The van der Waals surface area contributed by atoms with E-state index in [2.05, 4.69) is 36.6 Å². The van der Waals surface area contributed by atoms with Gasteiger partial charge in [-0.25, -0.2) is 19.4 Å². The molecule has 2 aromatic heterocycles. The first kappa shape index (κ1) is 18.8. The number of amides is 1. The molecule has 27 heavy (non-hydrogen) atoms. The van der Waals surface area contributed by atoms with Crippen LogP contribution in [0.1, 0.15) is 29.5 Å². The third kappa shape index (κ3) is 4.40. The Morgan fingerprint density at radius 1 is 1.44 bits per heavy atom. The number of alkyl halides is 1. The van der Waals surface area contributed by atoms with Gasteiger partial charge in [-0.3, -0.25) is 9.78 Å². The van der Waals surface area contributed by atoms with Crippen molar-refractivity contribution in [2.45, 2.75) is 18.9 Å². The summed E-state index contributed by atoms with van der Waals surface area (Å²) in [6.07, 6.45) is 4.55. The molecule has 0 fully saturated rings. The fraction of sp³-hybridized carbons (Fsp3) is 0.235.